The summed E-state index contributed by atoms with van der Waals surface area (Å²) in [6.07, 6.45) is 0. The molecule has 0 atom stereocenters. The van der Waals surface area contributed by atoms with Crippen molar-refractivity contribution in [2.24, 2.45) is 5.92 Å². The van der Waals surface area contributed by atoms with Crippen LogP contribution in [0.1, 0.15) is 25.0 Å². The van der Waals surface area contributed by atoms with Crippen LogP contribution >= 0.6 is 34.8 Å². The Bertz CT molecular complexity index is 638. The van der Waals surface area contributed by atoms with Crippen LogP contribution in [0.4, 0.5) is 0 Å². The number of hydrogen-bond donors (Lipinski definition) is 1. The highest BCUT2D eigenvalue weighted by Crippen LogP contribution is 2.28. The number of nitrogens with one attached hydrogen (secondary N) is 1. The van der Waals surface area contributed by atoms with Gasteiger partial charge in [-0.25, -0.2) is 0 Å². The minimum atomic E-state index is 0.317. The van der Waals surface area contributed by atoms with Crippen molar-refractivity contribution in [3.05, 3.63) is 62.6 Å². The number of rotatable bonds is 7. The van der Waals surface area contributed by atoms with Gasteiger partial charge in [0.2, 0.25) is 0 Å². The zero-order valence-corrected chi connectivity index (χ0v) is 15.5. The Kier molecular flexibility index (Phi) is 7.04. The van der Waals surface area contributed by atoms with Gasteiger partial charge in [-0.2, -0.15) is 0 Å². The number of benzene rings is 2. The van der Waals surface area contributed by atoms with E-state index in [-0.39, 0.29) is 0 Å². The molecular formula is C18H20Cl3NO. The fourth-order valence-electron chi connectivity index (χ4n) is 2.14. The van der Waals surface area contributed by atoms with Crippen LogP contribution in [0.5, 0.6) is 5.75 Å². The summed E-state index contributed by atoms with van der Waals surface area (Å²) < 4.78 is 5.93. The molecule has 0 heterocycles. The average molecular weight is 373 g/mol. The van der Waals surface area contributed by atoms with Crippen molar-refractivity contribution in [2.75, 3.05) is 6.54 Å². The highest BCUT2D eigenvalue weighted by atomic mass is 35.5. The largest absolute Gasteiger partial charge is 0.488 e. The van der Waals surface area contributed by atoms with Crippen LogP contribution < -0.4 is 10.1 Å². The van der Waals surface area contributed by atoms with Gasteiger partial charge in [-0.05, 0) is 42.8 Å². The van der Waals surface area contributed by atoms with Gasteiger partial charge in [-0.15, -0.1) is 0 Å². The maximum atomic E-state index is 6.18. The molecule has 0 radical (unpaired) electrons. The minimum absolute atomic E-state index is 0.317. The summed E-state index contributed by atoms with van der Waals surface area (Å²) in [6, 6.07) is 11.0. The number of ether oxygens (including phenoxy) is 1. The molecular weight excluding hydrogens is 353 g/mol. The normalized spacial score (nSPS) is 11.0. The smallest absolute Gasteiger partial charge is 0.124 e. The maximum absolute atomic E-state index is 6.18. The summed E-state index contributed by atoms with van der Waals surface area (Å²) in [6.45, 7) is 6.29. The Morgan fingerprint density at radius 2 is 1.74 bits per heavy atom. The molecule has 0 amide bonds. The number of halogens is 3. The lowest BCUT2D eigenvalue weighted by molar-refractivity contribution is 0.302. The van der Waals surface area contributed by atoms with E-state index in [0.29, 0.717) is 34.1 Å². The molecule has 2 aromatic rings. The molecule has 0 bridgehead atoms. The van der Waals surface area contributed by atoms with Gasteiger partial charge in [-0.1, -0.05) is 54.7 Å². The first kappa shape index (κ1) is 18.4. The van der Waals surface area contributed by atoms with Crippen molar-refractivity contribution in [3.8, 4) is 5.75 Å². The summed E-state index contributed by atoms with van der Waals surface area (Å²) >= 11 is 18.5. The van der Waals surface area contributed by atoms with Crippen LogP contribution in [0.25, 0.3) is 0 Å². The second kappa shape index (κ2) is 8.79. The van der Waals surface area contributed by atoms with E-state index < -0.39 is 0 Å². The molecule has 2 rings (SSSR count). The third kappa shape index (κ3) is 5.58. The number of hydrogen-bond acceptors (Lipinski definition) is 2. The van der Waals surface area contributed by atoms with Gasteiger partial charge < -0.3 is 10.1 Å². The maximum Gasteiger partial charge on any atom is 0.124 e. The molecule has 5 heteroatoms. The third-order valence-corrected chi connectivity index (χ3v) is 4.27. The topological polar surface area (TPSA) is 21.3 Å². The molecule has 2 nitrogen and oxygen atoms in total. The molecule has 0 unspecified atom stereocenters. The Labute approximate surface area is 152 Å². The van der Waals surface area contributed by atoms with E-state index in [2.05, 4.69) is 19.2 Å². The van der Waals surface area contributed by atoms with E-state index in [1.807, 2.05) is 24.3 Å². The van der Waals surface area contributed by atoms with Crippen molar-refractivity contribution in [2.45, 2.75) is 27.0 Å². The van der Waals surface area contributed by atoms with E-state index in [9.17, 15) is 0 Å². The van der Waals surface area contributed by atoms with Crippen molar-refractivity contribution in [1.29, 1.82) is 0 Å². The first-order valence-corrected chi connectivity index (χ1v) is 8.65. The zero-order chi connectivity index (χ0) is 16.8. The Morgan fingerprint density at radius 3 is 2.39 bits per heavy atom. The first-order chi connectivity index (χ1) is 11.0. The lowest BCUT2D eigenvalue weighted by Gasteiger charge is -2.15. The van der Waals surface area contributed by atoms with E-state index in [1.54, 1.807) is 12.1 Å². The van der Waals surface area contributed by atoms with Gasteiger partial charge in [0, 0.05) is 32.7 Å². The SMILES string of the molecule is CC(C)CNCc1cc(Cl)ccc1OCc1c(Cl)cccc1Cl. The summed E-state index contributed by atoms with van der Waals surface area (Å²) in [4.78, 5) is 0. The Hall–Kier alpha value is -0.930. The third-order valence-electron chi connectivity index (χ3n) is 3.32. The van der Waals surface area contributed by atoms with Crippen LogP contribution in [-0.2, 0) is 13.2 Å². The van der Waals surface area contributed by atoms with E-state index in [4.69, 9.17) is 39.5 Å². The van der Waals surface area contributed by atoms with Crippen LogP contribution in [-0.4, -0.2) is 6.54 Å². The molecule has 0 fully saturated rings. The molecule has 2 aromatic carbocycles. The fourth-order valence-corrected chi connectivity index (χ4v) is 2.84. The van der Waals surface area contributed by atoms with Crippen molar-refractivity contribution < 1.29 is 4.74 Å². The Morgan fingerprint density at radius 1 is 1.04 bits per heavy atom. The molecule has 0 aliphatic rings. The minimum Gasteiger partial charge on any atom is -0.488 e. The Balaban J connectivity index is 2.10. The van der Waals surface area contributed by atoms with Crippen LogP contribution in [0.15, 0.2) is 36.4 Å². The second-order valence-corrected chi connectivity index (χ2v) is 7.02. The van der Waals surface area contributed by atoms with Crippen LogP contribution in [0.3, 0.4) is 0 Å². The standard InChI is InChI=1S/C18H20Cl3NO/c1-12(2)9-22-10-13-8-14(19)6-7-18(13)23-11-15-16(20)4-3-5-17(15)21/h3-8,12,22H,9-11H2,1-2H3. The molecule has 0 saturated carbocycles. The van der Waals surface area contributed by atoms with Crippen LogP contribution in [0.2, 0.25) is 15.1 Å². The zero-order valence-electron chi connectivity index (χ0n) is 13.2. The molecule has 1 N–H and O–H groups in total. The summed E-state index contributed by atoms with van der Waals surface area (Å²) in [5, 5.41) is 5.29. The molecule has 0 aliphatic heterocycles. The van der Waals surface area contributed by atoms with Gasteiger partial charge >= 0.3 is 0 Å². The second-order valence-electron chi connectivity index (χ2n) is 5.77. The summed E-state index contributed by atoms with van der Waals surface area (Å²) in [5.41, 5.74) is 1.80. The predicted octanol–water partition coefficient (Wildman–Crippen LogP) is 5.97. The molecule has 0 aromatic heterocycles. The van der Waals surface area contributed by atoms with Gasteiger partial charge in [0.05, 0.1) is 0 Å². The lowest BCUT2D eigenvalue weighted by Crippen LogP contribution is -2.19. The van der Waals surface area contributed by atoms with E-state index in [0.717, 1.165) is 23.4 Å². The predicted molar refractivity (Wildman–Crippen MR) is 98.8 cm³/mol. The monoisotopic (exact) mass is 371 g/mol. The summed E-state index contributed by atoms with van der Waals surface area (Å²) in [7, 11) is 0. The lowest BCUT2D eigenvalue weighted by atomic mass is 10.1. The summed E-state index contributed by atoms with van der Waals surface area (Å²) in [5.74, 6) is 1.36. The average Bonchev–Trinajstić information content (AvgIpc) is 2.48. The van der Waals surface area contributed by atoms with E-state index >= 15 is 0 Å². The van der Waals surface area contributed by atoms with Crippen LogP contribution in [0, 0.1) is 5.92 Å². The first-order valence-electron chi connectivity index (χ1n) is 7.52. The molecule has 0 aliphatic carbocycles. The molecule has 23 heavy (non-hydrogen) atoms. The quantitative estimate of drug-likeness (QED) is 0.646. The van der Waals surface area contributed by atoms with E-state index in [1.165, 1.54) is 0 Å². The van der Waals surface area contributed by atoms with Crippen molar-refractivity contribution in [3.63, 3.8) is 0 Å². The van der Waals surface area contributed by atoms with Gasteiger partial charge in [0.15, 0.2) is 0 Å². The van der Waals surface area contributed by atoms with Gasteiger partial charge in [0.25, 0.3) is 0 Å². The molecule has 124 valence electrons. The van der Waals surface area contributed by atoms with Crippen molar-refractivity contribution in [1.82, 2.24) is 5.32 Å². The van der Waals surface area contributed by atoms with Gasteiger partial charge in [-0.3, -0.25) is 0 Å². The highest BCUT2D eigenvalue weighted by Gasteiger charge is 2.09. The van der Waals surface area contributed by atoms with Gasteiger partial charge in [0.1, 0.15) is 12.4 Å². The highest BCUT2D eigenvalue weighted by molar-refractivity contribution is 6.35. The molecule has 0 saturated heterocycles. The van der Waals surface area contributed by atoms with Crippen molar-refractivity contribution >= 4 is 34.8 Å². The fraction of sp³-hybridized carbons (Fsp3) is 0.333. The molecule has 0 spiro atoms.